The number of amides is 5. The molecule has 98 heavy (non-hydrogen) atoms. The molecule has 8 rings (SSSR count). The maximum atomic E-state index is 14.6. The molecule has 0 spiro atoms. The molecule has 4 heterocycles. The molecule has 4 aromatic rings. The maximum absolute atomic E-state index is 14.6. The van der Waals surface area contributed by atoms with Crippen LogP contribution >= 0.6 is 11.6 Å². The molecule has 29 nitrogen and oxygen atoms in total. The lowest BCUT2D eigenvalue weighted by atomic mass is 9.83. The number of alkyl carbamates (subject to hydrolysis) is 1. The van der Waals surface area contributed by atoms with Gasteiger partial charge >= 0.3 is 24.1 Å². The van der Waals surface area contributed by atoms with Crippen LogP contribution in [0.1, 0.15) is 76.6 Å². The highest BCUT2D eigenvalue weighted by Crippen LogP contribution is 2.61. The van der Waals surface area contributed by atoms with E-state index in [-0.39, 0.29) is 92.5 Å². The van der Waals surface area contributed by atoms with E-state index in [1.807, 2.05) is 70.2 Å². The van der Waals surface area contributed by atoms with Crippen molar-refractivity contribution < 1.29 is 102 Å². The number of carboxylic acid groups (broad SMARTS) is 1. The minimum atomic E-state index is -2.02. The summed E-state index contributed by atoms with van der Waals surface area (Å²) in [4.78, 5) is 96.7. The second-order valence-electron chi connectivity index (χ2n) is 25.4. The molecular formula is C68H91ClN8O21. The van der Waals surface area contributed by atoms with E-state index in [2.05, 4.69) is 32.0 Å². The number of ether oxygens (including phenoxy) is 9. The Morgan fingerprint density at radius 1 is 0.918 bits per heavy atom. The van der Waals surface area contributed by atoms with E-state index >= 15 is 0 Å². The van der Waals surface area contributed by atoms with Gasteiger partial charge in [-0.2, -0.15) is 0 Å². The molecule has 9 N–H and O–H groups in total. The van der Waals surface area contributed by atoms with Crippen LogP contribution in [0.15, 0.2) is 84.5 Å². The highest BCUT2D eigenvalue weighted by atomic mass is 35.5. The smallest absolute Gasteiger partial charge is 0.410 e. The SMILES string of the molecule is CNN(C)Cc1cc2ccccc2n1CCC(=O)NCCOCCOCCC(=O)Nc1cc(COC(=O)N(C)[C@@H](C)C(=O)O[C@H]2CC(=O)N(C)c3cc(cc(OC)c3Cl)C/C(C)=C/C=C/[C@@H](OC)[C@@]3(O)C[C@H](OC(=O)N3)[C@@H](C)[C@@H]3C[C@]23C)ccc1OC1O[C@H](C(=O)O)[C@@H](O)[C@H](O)[C@H]1O. The second kappa shape index (κ2) is 33.7. The van der Waals surface area contributed by atoms with Gasteiger partial charge in [0.05, 0.1) is 64.3 Å². The summed E-state index contributed by atoms with van der Waals surface area (Å²) < 4.78 is 53.7. The third-order valence-corrected chi connectivity index (χ3v) is 18.9. The van der Waals surface area contributed by atoms with Gasteiger partial charge in [-0.1, -0.05) is 73.5 Å². The van der Waals surface area contributed by atoms with Gasteiger partial charge in [-0.25, -0.2) is 24.2 Å². The van der Waals surface area contributed by atoms with Gasteiger partial charge in [0.1, 0.15) is 65.8 Å². The molecule has 3 aliphatic heterocycles. The average molecular weight is 1390 g/mol. The number of anilines is 2. The number of aliphatic hydroxyl groups excluding tert-OH is 3. The zero-order valence-electron chi connectivity index (χ0n) is 56.7. The van der Waals surface area contributed by atoms with E-state index in [0.29, 0.717) is 37.4 Å². The van der Waals surface area contributed by atoms with Crippen LogP contribution in [0.2, 0.25) is 5.02 Å². The van der Waals surface area contributed by atoms with Crippen molar-refractivity contribution in [1.82, 2.24) is 30.5 Å². The fraction of sp³-hybridized carbons (Fsp3) is 0.544. The lowest BCUT2D eigenvalue weighted by Crippen LogP contribution is -2.63. The van der Waals surface area contributed by atoms with E-state index in [4.69, 9.17) is 54.2 Å². The number of carboxylic acids is 1. The van der Waals surface area contributed by atoms with Gasteiger partial charge < -0.3 is 88.3 Å². The molecule has 1 aliphatic carbocycles. The number of nitrogens with zero attached hydrogens (tertiary/aromatic N) is 4. The number of esters is 1. The number of rotatable bonds is 26. The van der Waals surface area contributed by atoms with Crippen LogP contribution in [0.3, 0.4) is 0 Å². The van der Waals surface area contributed by atoms with Gasteiger partial charge in [-0.3, -0.25) is 30.0 Å². The monoisotopic (exact) mass is 1390 g/mol. The molecule has 4 bridgehead atoms. The molecule has 13 atom stereocenters. The summed E-state index contributed by atoms with van der Waals surface area (Å²) in [7, 11) is 9.48. The Bertz CT molecular complexity index is 3570. The Morgan fingerprint density at radius 2 is 1.65 bits per heavy atom. The number of aliphatic hydroxyl groups is 4. The van der Waals surface area contributed by atoms with Crippen molar-refractivity contribution in [3.8, 4) is 11.5 Å². The molecule has 0 radical (unpaired) electrons. The van der Waals surface area contributed by atoms with Crippen LogP contribution in [-0.2, 0) is 83.2 Å². The summed E-state index contributed by atoms with van der Waals surface area (Å²) in [6, 6.07) is 16.3. The first-order chi connectivity index (χ1) is 46.6. The van der Waals surface area contributed by atoms with Crippen LogP contribution in [0.4, 0.5) is 21.0 Å². The number of halogens is 1. The van der Waals surface area contributed by atoms with Crippen LogP contribution in [-0.4, -0.2) is 218 Å². The van der Waals surface area contributed by atoms with Crippen molar-refractivity contribution in [2.75, 3.05) is 85.6 Å². The first kappa shape index (κ1) is 75.8. The first-order valence-electron chi connectivity index (χ1n) is 32.3. The number of para-hydroxylation sites is 1. The van der Waals surface area contributed by atoms with Crippen molar-refractivity contribution >= 4 is 75.7 Å². The molecule has 3 fully saturated rings. The Hall–Kier alpha value is -7.94. The normalized spacial score (nSPS) is 26.9. The number of hydrazine groups is 1. The van der Waals surface area contributed by atoms with Gasteiger partial charge in [0, 0.05) is 70.8 Å². The number of methoxy groups -OCH3 is 2. The maximum Gasteiger partial charge on any atom is 0.410 e. The highest BCUT2D eigenvalue weighted by molar-refractivity contribution is 6.35. The van der Waals surface area contributed by atoms with Gasteiger partial charge in [0.2, 0.25) is 24.0 Å². The number of carbonyl (C=O) groups excluding carboxylic acids is 6. The summed E-state index contributed by atoms with van der Waals surface area (Å²) in [5.74, 6) is -4.48. The van der Waals surface area contributed by atoms with E-state index in [1.54, 1.807) is 31.3 Å². The molecular weight excluding hydrogens is 1300 g/mol. The standard InChI is InChI=1S/C68H91ClN8O21/c1-38-14-13-17-52(91-10)68(89)35-51(96-65(87)73-68)39(2)45-34-67(45,4)53(33-56(80)76(8)48-30-42(28-38)31-50(90-9)57(48)69)97-63(86)40(3)75(7)66(88)94-37-41-18-19-49(95-64-60(83)58(81)59(82)61(98-64)62(84)85)46(29-41)72-55(79)21-24-92-26-27-93-25-22-71-54(78)20-23-77-44(36-74(6)70-5)32-43-15-11-12-16-47(43)77/h11-19,29-32,39-40,45,51-53,58-61,64,70,81-83,89H,20-28,33-37H2,1-10H3,(H,71,78)(H,72,79)(H,73,87)(H,84,85)/b17-13+,38-14+/t39-,40-,45-,51-,52+,53-,58-,59-,60+,61-,64?,67-,68-/m0/s1. The summed E-state index contributed by atoms with van der Waals surface area (Å²) in [5.41, 5.74) is 4.49. The molecule has 30 heteroatoms. The quantitative estimate of drug-likeness (QED) is 0.0180. The van der Waals surface area contributed by atoms with Gasteiger partial charge in [0.25, 0.3) is 0 Å². The number of hydrogen-bond donors (Lipinski definition) is 9. The lowest BCUT2D eigenvalue weighted by Gasteiger charge is -2.42. The van der Waals surface area contributed by atoms with E-state index in [1.165, 1.54) is 51.3 Å². The highest BCUT2D eigenvalue weighted by Gasteiger charge is 2.62. The van der Waals surface area contributed by atoms with Crippen molar-refractivity contribution in [3.63, 3.8) is 0 Å². The molecule has 1 saturated carbocycles. The van der Waals surface area contributed by atoms with Crippen LogP contribution < -0.4 is 35.7 Å². The molecule has 536 valence electrons. The van der Waals surface area contributed by atoms with Crippen molar-refractivity contribution in [1.29, 1.82) is 0 Å². The van der Waals surface area contributed by atoms with E-state index in [0.717, 1.165) is 32.6 Å². The number of aromatic nitrogens is 1. The number of likely N-dealkylation sites (N-methyl/N-ethyl adjacent to an activating group) is 1. The van der Waals surface area contributed by atoms with E-state index in [9.17, 15) is 59.1 Å². The Morgan fingerprint density at radius 3 is 2.37 bits per heavy atom. The lowest BCUT2D eigenvalue weighted by molar-refractivity contribution is -0.271. The van der Waals surface area contributed by atoms with Crippen molar-refractivity contribution in [3.05, 3.63) is 106 Å². The summed E-state index contributed by atoms with van der Waals surface area (Å²) >= 11 is 6.88. The number of nitrogens with one attached hydrogen (secondary N) is 4. The summed E-state index contributed by atoms with van der Waals surface area (Å²) in [6.45, 7) is 8.25. The molecule has 2 saturated heterocycles. The third kappa shape index (κ3) is 18.7. The Kier molecular flexibility index (Phi) is 26.1. The van der Waals surface area contributed by atoms with Crippen LogP contribution in [0, 0.1) is 17.3 Å². The average Bonchev–Trinajstić information content (AvgIpc) is 1.57. The topological polar surface area (TPSA) is 366 Å². The van der Waals surface area contributed by atoms with Gasteiger partial charge in [0.15, 0.2) is 11.8 Å². The minimum Gasteiger partial charge on any atom is -0.495 e. The summed E-state index contributed by atoms with van der Waals surface area (Å²) in [6.07, 6.45) is -9.17. The molecule has 4 aliphatic rings. The van der Waals surface area contributed by atoms with Gasteiger partial charge in [-0.15, -0.1) is 0 Å². The zero-order chi connectivity index (χ0) is 71.3. The van der Waals surface area contributed by atoms with Gasteiger partial charge in [-0.05, 0) is 98.5 Å². The zero-order valence-corrected chi connectivity index (χ0v) is 57.4. The summed E-state index contributed by atoms with van der Waals surface area (Å²) in [5, 5.41) is 64.6. The molecule has 1 aromatic heterocycles. The number of aliphatic carboxylic acids is 1. The van der Waals surface area contributed by atoms with E-state index < -0.39 is 115 Å². The number of carbonyl (C=O) groups is 7. The Balaban J connectivity index is 0.894. The fourth-order valence-corrected chi connectivity index (χ4v) is 12.7. The fourth-order valence-electron chi connectivity index (χ4n) is 12.4. The van der Waals surface area contributed by atoms with Crippen LogP contribution in [0.5, 0.6) is 11.5 Å². The molecule has 3 aromatic carbocycles. The Labute approximate surface area is 573 Å². The first-order valence-corrected chi connectivity index (χ1v) is 32.7. The number of aryl methyl sites for hydroxylation is 1. The minimum absolute atomic E-state index is 0.0795. The predicted octanol–water partition coefficient (Wildman–Crippen LogP) is 4.55. The second-order valence-corrected chi connectivity index (χ2v) is 25.8. The largest absolute Gasteiger partial charge is 0.495 e. The van der Waals surface area contributed by atoms with Crippen molar-refractivity contribution in [2.24, 2.45) is 17.3 Å². The third-order valence-electron chi connectivity index (χ3n) is 18.5. The molecule has 5 amide bonds. The number of fused-ring (bicyclic) bond motifs is 6. The van der Waals surface area contributed by atoms with Crippen LogP contribution in [0.25, 0.3) is 10.9 Å². The predicted molar refractivity (Wildman–Crippen MR) is 355 cm³/mol. The number of hydrogen-bond acceptors (Lipinski definition) is 22. The van der Waals surface area contributed by atoms with Crippen molar-refractivity contribution in [2.45, 2.75) is 147 Å². The number of benzene rings is 3. The molecule has 1 unspecified atom stereocenters. The number of allylic oxidation sites excluding steroid dienone is 3.